The predicted octanol–water partition coefficient (Wildman–Crippen LogP) is 10.4. The zero-order valence-corrected chi connectivity index (χ0v) is 32.5. The first kappa shape index (κ1) is 31.5. The van der Waals surface area contributed by atoms with Crippen molar-refractivity contribution < 1.29 is 0 Å². The maximum absolute atomic E-state index is 2.75. The van der Waals surface area contributed by atoms with Gasteiger partial charge in [0.2, 0.25) is 0 Å². The smallest absolute Gasteiger partial charge is 0.333 e. The van der Waals surface area contributed by atoms with Gasteiger partial charge in [0.05, 0.1) is 0 Å². The van der Waals surface area contributed by atoms with Gasteiger partial charge in [0.1, 0.15) is 0 Å². The van der Waals surface area contributed by atoms with Crippen molar-refractivity contribution in [3.63, 3.8) is 0 Å². The first-order valence-electron chi connectivity index (χ1n) is 21.2. The van der Waals surface area contributed by atoms with Crippen LogP contribution in [0.1, 0.15) is 22.6 Å². The van der Waals surface area contributed by atoms with Crippen LogP contribution in [0.3, 0.4) is 0 Å². The average molecular weight is 758 g/mol. The van der Waals surface area contributed by atoms with Crippen molar-refractivity contribution in [2.75, 3.05) is 4.90 Å². The topological polar surface area (TPSA) is 13.1 Å². The molecule has 3 nitrogen and oxygen atoms in total. The molecule has 6 heterocycles. The second-order valence-electron chi connectivity index (χ2n) is 17.0. The van der Waals surface area contributed by atoms with E-state index in [0.717, 1.165) is 0 Å². The average Bonchev–Trinajstić information content (AvgIpc) is 3.84. The van der Waals surface area contributed by atoms with Crippen LogP contribution in [0.5, 0.6) is 0 Å². The monoisotopic (exact) mass is 757 g/mol. The van der Waals surface area contributed by atoms with E-state index in [2.05, 4.69) is 208 Å². The molecule has 0 bridgehead atoms. The van der Waals surface area contributed by atoms with Crippen LogP contribution in [-0.2, 0) is 0 Å². The van der Waals surface area contributed by atoms with Crippen molar-refractivity contribution in [2.45, 2.75) is 5.92 Å². The molecule has 0 N–H and O–H groups in total. The summed E-state index contributed by atoms with van der Waals surface area (Å²) in [7, 11) is 0. The molecule has 0 amide bonds. The number of aromatic nitrogens is 2. The van der Waals surface area contributed by atoms with Gasteiger partial charge in [0.25, 0.3) is 0 Å². The lowest BCUT2D eigenvalue weighted by atomic mass is 9.41. The number of benzene rings is 9. The van der Waals surface area contributed by atoms with Gasteiger partial charge in [-0.05, 0) is 86.1 Å². The minimum absolute atomic E-state index is 0.00405. The van der Waals surface area contributed by atoms with Crippen LogP contribution in [0.15, 0.2) is 194 Å². The lowest BCUT2D eigenvalue weighted by Crippen LogP contribution is -2.57. The first-order chi connectivity index (χ1) is 29.9. The van der Waals surface area contributed by atoms with E-state index in [1.807, 2.05) is 0 Å². The fraction of sp³-hybridized carbons (Fsp3) is 0.0182. The van der Waals surface area contributed by atoms with E-state index in [0.29, 0.717) is 0 Å². The summed E-state index contributed by atoms with van der Waals surface area (Å²) in [6, 6.07) is 73.2. The Morgan fingerprint density at radius 2 is 0.900 bits per heavy atom. The third kappa shape index (κ3) is 3.64. The third-order valence-electron chi connectivity index (χ3n) is 14.4. The van der Waals surface area contributed by atoms with Gasteiger partial charge in [-0.1, -0.05) is 158 Å². The van der Waals surface area contributed by atoms with Crippen LogP contribution in [0.25, 0.3) is 65.9 Å². The van der Waals surface area contributed by atoms with Crippen molar-refractivity contribution >= 4 is 96.2 Å². The number of rotatable bonds is 2. The van der Waals surface area contributed by atoms with Gasteiger partial charge in [-0.15, -0.1) is 0 Å². The Morgan fingerprint density at radius 3 is 1.62 bits per heavy atom. The van der Waals surface area contributed by atoms with E-state index in [9.17, 15) is 0 Å². The molecule has 0 aliphatic carbocycles. The molecule has 4 aliphatic rings. The lowest BCUT2D eigenvalue weighted by molar-refractivity contribution is 0.981. The largest absolute Gasteiger partial charge is 0.375 e. The summed E-state index contributed by atoms with van der Waals surface area (Å²) in [5, 5.41) is 5.34. The molecule has 0 saturated heterocycles. The zero-order valence-electron chi connectivity index (χ0n) is 32.5. The standard InChI is InChI=1S/C55H33B2N3/c1-3-17-33(18-4-1)47-35-21-7-10-27-41(35)56-52-38(47)24-15-25-39(52)50-48-37-23-9-13-30-44(37)60-55(48)51(49-36-22-8-12-29-43(36)59(56)54(49)50)40-26-16-32-46-53(40)57(60)42-28-11-14-31-45(42)58(46)34-19-5-2-6-20-34/h1-32,47H. The molecule has 1 unspecified atom stereocenters. The van der Waals surface area contributed by atoms with Crippen LogP contribution in [0.2, 0.25) is 0 Å². The van der Waals surface area contributed by atoms with E-state index >= 15 is 0 Å². The van der Waals surface area contributed by atoms with Crippen LogP contribution in [0, 0.1) is 0 Å². The lowest BCUT2D eigenvalue weighted by Gasteiger charge is -2.41. The number of fused-ring (bicyclic) bond motifs is 16. The Labute approximate surface area is 347 Å². The predicted molar refractivity (Wildman–Crippen MR) is 253 cm³/mol. The van der Waals surface area contributed by atoms with Gasteiger partial charge in [0, 0.05) is 77.7 Å². The second-order valence-corrected chi connectivity index (χ2v) is 17.0. The van der Waals surface area contributed by atoms with Crippen molar-refractivity contribution in [1.29, 1.82) is 0 Å². The van der Waals surface area contributed by atoms with Gasteiger partial charge < -0.3 is 13.9 Å². The molecule has 0 radical (unpaired) electrons. The number of para-hydroxylation sites is 4. The fourth-order valence-electron chi connectivity index (χ4n) is 12.4. The molecule has 5 heteroatoms. The number of nitrogens with zero attached hydrogens (tertiary/aromatic N) is 3. The Kier molecular flexibility index (Phi) is 5.86. The third-order valence-corrected chi connectivity index (χ3v) is 14.4. The fourth-order valence-corrected chi connectivity index (χ4v) is 12.4. The normalized spacial score (nSPS) is 15.1. The maximum atomic E-state index is 2.75. The van der Waals surface area contributed by atoms with Gasteiger partial charge in [-0.2, -0.15) is 0 Å². The quantitative estimate of drug-likeness (QED) is 0.160. The first-order valence-corrected chi connectivity index (χ1v) is 21.2. The Morgan fingerprint density at radius 1 is 0.383 bits per heavy atom. The Hall–Kier alpha value is -7.49. The van der Waals surface area contributed by atoms with Crippen LogP contribution < -0.4 is 26.8 Å². The Bertz CT molecular complexity index is 3450. The highest BCUT2D eigenvalue weighted by atomic mass is 15.2. The summed E-state index contributed by atoms with van der Waals surface area (Å²) in [6.07, 6.45) is 0. The van der Waals surface area contributed by atoms with Crippen molar-refractivity contribution in [1.82, 2.24) is 8.96 Å². The van der Waals surface area contributed by atoms with Crippen molar-refractivity contribution in [3.8, 4) is 22.3 Å². The summed E-state index contributed by atoms with van der Waals surface area (Å²) >= 11 is 0. The van der Waals surface area contributed by atoms with E-state index in [4.69, 9.17) is 0 Å². The second kappa shape index (κ2) is 11.2. The molecule has 0 fully saturated rings. The summed E-state index contributed by atoms with van der Waals surface area (Å²) in [5.74, 6) is 0.138. The van der Waals surface area contributed by atoms with Gasteiger partial charge >= 0.3 is 13.7 Å². The molecule has 15 rings (SSSR count). The summed E-state index contributed by atoms with van der Waals surface area (Å²) in [4.78, 5) is 2.50. The number of anilines is 3. The van der Waals surface area contributed by atoms with E-state index in [1.165, 1.54) is 121 Å². The summed E-state index contributed by atoms with van der Waals surface area (Å²) in [6.45, 7) is 0.0253. The molecule has 2 aromatic heterocycles. The minimum Gasteiger partial charge on any atom is -0.375 e. The molecule has 4 aliphatic heterocycles. The molecule has 274 valence electrons. The van der Waals surface area contributed by atoms with Gasteiger partial charge in [0.15, 0.2) is 0 Å². The van der Waals surface area contributed by atoms with E-state index in [1.54, 1.807) is 0 Å². The Balaban J connectivity index is 1.18. The molecule has 60 heavy (non-hydrogen) atoms. The number of hydrogen-bond acceptors (Lipinski definition) is 1. The van der Waals surface area contributed by atoms with E-state index < -0.39 is 0 Å². The van der Waals surface area contributed by atoms with Crippen LogP contribution in [-0.4, -0.2) is 22.7 Å². The van der Waals surface area contributed by atoms with Crippen LogP contribution >= 0.6 is 0 Å². The summed E-state index contributed by atoms with van der Waals surface area (Å²) < 4.78 is 5.49. The maximum Gasteiger partial charge on any atom is 0.333 e. The molecular weight excluding hydrogens is 724 g/mol. The highest BCUT2D eigenvalue weighted by molar-refractivity contribution is 6.91. The van der Waals surface area contributed by atoms with Crippen LogP contribution in [0.4, 0.5) is 17.1 Å². The number of hydrogen-bond donors (Lipinski definition) is 0. The van der Waals surface area contributed by atoms with E-state index in [-0.39, 0.29) is 19.6 Å². The molecule has 1 atom stereocenters. The SMILES string of the molecule is c1ccc(C2c3ccccc3B3c4c(cccc42)-c2c4c5ccccc5n5c4c(c4c6ccccc6n3c24)-c2cccc3c2B5c2ccccc2N3c2ccccc2)cc1. The van der Waals surface area contributed by atoms with Gasteiger partial charge in [-0.25, -0.2) is 0 Å². The molecule has 11 aromatic rings. The van der Waals surface area contributed by atoms with Crippen molar-refractivity contribution in [2.24, 2.45) is 0 Å². The molecule has 9 aromatic carbocycles. The molecule has 0 saturated carbocycles. The minimum atomic E-state index is -0.00405. The molecular formula is C55H33B2N3. The van der Waals surface area contributed by atoms with Crippen molar-refractivity contribution in [3.05, 3.63) is 211 Å². The molecule has 0 spiro atoms. The summed E-state index contributed by atoms with van der Waals surface area (Å²) in [5.41, 5.74) is 24.0. The zero-order chi connectivity index (χ0) is 38.8. The highest BCUT2D eigenvalue weighted by Crippen LogP contribution is 2.55. The highest BCUT2D eigenvalue weighted by Gasteiger charge is 2.48. The van der Waals surface area contributed by atoms with Gasteiger partial charge in [-0.3, -0.25) is 0 Å².